The first-order valence-electron chi connectivity index (χ1n) is 8.54. The Labute approximate surface area is 173 Å². The minimum Gasteiger partial charge on any atom is -0.319 e. The molecule has 8 nitrogen and oxygen atoms in total. The molecule has 0 saturated heterocycles. The lowest BCUT2D eigenvalue weighted by Gasteiger charge is -2.07. The van der Waals surface area contributed by atoms with Gasteiger partial charge in [-0.3, -0.25) is 14.9 Å². The third-order valence-electron chi connectivity index (χ3n) is 4.32. The number of aryl methyl sites for hydroxylation is 1. The number of nitrogens with one attached hydrogen (secondary N) is 1. The molecule has 4 aromatic rings. The molecule has 3 heterocycles. The van der Waals surface area contributed by atoms with Crippen molar-refractivity contribution in [2.75, 3.05) is 5.32 Å². The molecule has 0 aliphatic carbocycles. The second-order valence-electron chi connectivity index (χ2n) is 6.24. The van der Waals surface area contributed by atoms with Crippen LogP contribution in [-0.4, -0.2) is 25.6 Å². The molecule has 1 amide bonds. The van der Waals surface area contributed by atoms with E-state index in [0.29, 0.717) is 5.65 Å². The maximum Gasteiger partial charge on any atom is 0.294 e. The minimum absolute atomic E-state index is 0.0739. The quantitative estimate of drug-likeness (QED) is 0.368. The van der Waals surface area contributed by atoms with Gasteiger partial charge < -0.3 is 5.32 Å². The van der Waals surface area contributed by atoms with Gasteiger partial charge in [-0.15, -0.1) is 11.3 Å². The van der Waals surface area contributed by atoms with E-state index >= 15 is 0 Å². The molecule has 0 unspecified atom stereocenters. The van der Waals surface area contributed by atoms with Gasteiger partial charge >= 0.3 is 0 Å². The number of fused-ring (bicyclic) bond motifs is 1. The summed E-state index contributed by atoms with van der Waals surface area (Å²) in [5.41, 5.74) is 2.13. The summed E-state index contributed by atoms with van der Waals surface area (Å²) < 4.78 is 1.50. The number of benzene rings is 1. The summed E-state index contributed by atoms with van der Waals surface area (Å²) in [5.74, 6) is -0.455. The summed E-state index contributed by atoms with van der Waals surface area (Å²) in [6, 6.07) is 9.98. The fourth-order valence-corrected chi connectivity index (χ4v) is 4.04. The second-order valence-corrected chi connectivity index (χ2v) is 7.63. The lowest BCUT2D eigenvalue weighted by Crippen LogP contribution is -2.20. The summed E-state index contributed by atoms with van der Waals surface area (Å²) in [5, 5.41) is 21.3. The number of halogens is 1. The molecule has 0 radical (unpaired) electrons. The van der Waals surface area contributed by atoms with Gasteiger partial charge in [0.05, 0.1) is 16.0 Å². The number of nitrogens with zero attached hydrogens (tertiary/aromatic N) is 4. The van der Waals surface area contributed by atoms with Crippen LogP contribution in [-0.2, 0) is 11.3 Å². The highest BCUT2D eigenvalue weighted by atomic mass is 35.5. The maximum absolute atomic E-state index is 12.6. The number of anilines is 1. The number of nitro benzene ring substituents is 1. The monoisotopic (exact) mass is 427 g/mol. The van der Waals surface area contributed by atoms with E-state index in [1.165, 1.54) is 22.9 Å². The Morgan fingerprint density at radius 2 is 2.17 bits per heavy atom. The van der Waals surface area contributed by atoms with Gasteiger partial charge in [-0.2, -0.15) is 5.10 Å². The Morgan fingerprint density at radius 3 is 2.90 bits per heavy atom. The number of amides is 1. The number of nitro groups is 1. The minimum atomic E-state index is -0.593. The maximum atomic E-state index is 12.6. The molecule has 4 rings (SSSR count). The highest BCUT2D eigenvalue weighted by molar-refractivity contribution is 7.13. The zero-order valence-electron chi connectivity index (χ0n) is 15.1. The smallest absolute Gasteiger partial charge is 0.294 e. The number of hydrogen-bond acceptors (Lipinski definition) is 6. The van der Waals surface area contributed by atoms with Crippen LogP contribution in [0.5, 0.6) is 0 Å². The second kappa shape index (κ2) is 7.61. The number of carbonyl (C=O) groups is 1. The number of rotatable bonds is 5. The zero-order valence-corrected chi connectivity index (χ0v) is 16.7. The summed E-state index contributed by atoms with van der Waals surface area (Å²) in [6.45, 7) is 1.73. The van der Waals surface area contributed by atoms with Gasteiger partial charge in [0.25, 0.3) is 5.69 Å². The van der Waals surface area contributed by atoms with Gasteiger partial charge in [0.15, 0.2) is 5.65 Å². The van der Waals surface area contributed by atoms with E-state index in [9.17, 15) is 14.9 Å². The molecular weight excluding hydrogens is 414 g/mol. The number of thiophene rings is 1. The zero-order chi connectivity index (χ0) is 20.5. The molecule has 0 saturated carbocycles. The normalized spacial score (nSPS) is 11.0. The highest BCUT2D eigenvalue weighted by Crippen LogP contribution is 2.33. The molecule has 0 atom stereocenters. The van der Waals surface area contributed by atoms with Gasteiger partial charge in [-0.1, -0.05) is 17.7 Å². The molecule has 0 spiro atoms. The predicted molar refractivity (Wildman–Crippen MR) is 112 cm³/mol. The van der Waals surface area contributed by atoms with Gasteiger partial charge in [-0.25, -0.2) is 9.67 Å². The highest BCUT2D eigenvalue weighted by Gasteiger charge is 2.19. The van der Waals surface area contributed by atoms with Crippen LogP contribution in [0, 0.1) is 17.0 Å². The number of hydrogen-bond donors (Lipinski definition) is 1. The molecule has 3 aromatic heterocycles. The van der Waals surface area contributed by atoms with Crippen LogP contribution in [0.1, 0.15) is 5.69 Å². The van der Waals surface area contributed by atoms with Gasteiger partial charge in [0.1, 0.15) is 12.2 Å². The Hall–Kier alpha value is -3.30. The first-order valence-corrected chi connectivity index (χ1v) is 9.79. The Balaban J connectivity index is 1.65. The average Bonchev–Trinajstić information content (AvgIpc) is 3.32. The van der Waals surface area contributed by atoms with E-state index in [1.807, 2.05) is 30.5 Å². The van der Waals surface area contributed by atoms with Crippen molar-refractivity contribution in [1.82, 2.24) is 14.8 Å². The van der Waals surface area contributed by atoms with Crippen molar-refractivity contribution in [3.8, 4) is 10.4 Å². The summed E-state index contributed by atoms with van der Waals surface area (Å²) in [6.07, 6.45) is 1.68. The molecule has 0 aliphatic rings. The third kappa shape index (κ3) is 3.69. The molecule has 0 fully saturated rings. The SMILES string of the molecule is Cc1nn(CC(=O)Nc2ccc(Cl)cc2[N+](=O)[O-])c2nccc(-c3cccs3)c12. The number of aromatic nitrogens is 3. The fraction of sp³-hybridized carbons (Fsp3) is 0.105. The fourth-order valence-electron chi connectivity index (χ4n) is 3.12. The van der Waals surface area contributed by atoms with Crippen LogP contribution >= 0.6 is 22.9 Å². The van der Waals surface area contributed by atoms with Crippen molar-refractivity contribution >= 4 is 51.3 Å². The van der Waals surface area contributed by atoms with Crippen molar-refractivity contribution in [2.24, 2.45) is 0 Å². The molecule has 1 N–H and O–H groups in total. The standard InChI is InChI=1S/C19H14ClN5O3S/c1-11-18-13(16-3-2-8-29-16)6-7-21-19(18)24(23-11)10-17(26)22-14-5-4-12(20)9-15(14)25(27)28/h2-9H,10H2,1H3,(H,22,26). The summed E-state index contributed by atoms with van der Waals surface area (Å²) >= 11 is 7.42. The van der Waals surface area contributed by atoms with Crippen molar-refractivity contribution in [3.05, 3.63) is 68.8 Å². The Morgan fingerprint density at radius 1 is 1.34 bits per heavy atom. The largest absolute Gasteiger partial charge is 0.319 e. The lowest BCUT2D eigenvalue weighted by molar-refractivity contribution is -0.383. The molecule has 0 bridgehead atoms. The van der Waals surface area contributed by atoms with Gasteiger partial charge in [0, 0.05) is 27.7 Å². The van der Waals surface area contributed by atoms with Crippen molar-refractivity contribution in [2.45, 2.75) is 13.5 Å². The van der Waals surface area contributed by atoms with E-state index in [0.717, 1.165) is 21.5 Å². The Bertz CT molecular complexity index is 1240. The van der Waals surface area contributed by atoms with E-state index in [1.54, 1.807) is 17.5 Å². The molecule has 0 aliphatic heterocycles. The predicted octanol–water partition coefficient (Wildman–Crippen LogP) is 4.67. The van der Waals surface area contributed by atoms with Crippen molar-refractivity contribution in [1.29, 1.82) is 0 Å². The molecule has 29 heavy (non-hydrogen) atoms. The summed E-state index contributed by atoms with van der Waals surface area (Å²) in [7, 11) is 0. The Kier molecular flexibility index (Phi) is 4.99. The van der Waals surface area contributed by atoms with Crippen LogP contribution in [0.4, 0.5) is 11.4 Å². The van der Waals surface area contributed by atoms with E-state index in [2.05, 4.69) is 15.4 Å². The topological polar surface area (TPSA) is 103 Å². The first kappa shape index (κ1) is 19.0. The van der Waals surface area contributed by atoms with E-state index in [-0.39, 0.29) is 22.9 Å². The first-order chi connectivity index (χ1) is 13.9. The van der Waals surface area contributed by atoms with Crippen LogP contribution in [0.15, 0.2) is 48.0 Å². The number of pyridine rings is 1. The number of carbonyl (C=O) groups excluding carboxylic acids is 1. The average molecular weight is 428 g/mol. The van der Waals surface area contributed by atoms with E-state index in [4.69, 9.17) is 11.6 Å². The molecule has 146 valence electrons. The van der Waals surface area contributed by atoms with Crippen LogP contribution in [0.2, 0.25) is 5.02 Å². The molecule has 1 aromatic carbocycles. The van der Waals surface area contributed by atoms with Crippen LogP contribution in [0.3, 0.4) is 0 Å². The van der Waals surface area contributed by atoms with Gasteiger partial charge in [-0.05, 0) is 36.6 Å². The van der Waals surface area contributed by atoms with E-state index < -0.39 is 10.8 Å². The third-order valence-corrected chi connectivity index (χ3v) is 5.46. The van der Waals surface area contributed by atoms with Gasteiger partial charge in [0.2, 0.25) is 5.91 Å². The molecular formula is C19H14ClN5O3S. The molecule has 10 heteroatoms. The lowest BCUT2D eigenvalue weighted by atomic mass is 10.1. The van der Waals surface area contributed by atoms with Crippen LogP contribution < -0.4 is 5.32 Å². The van der Waals surface area contributed by atoms with Crippen LogP contribution in [0.25, 0.3) is 21.5 Å². The van der Waals surface area contributed by atoms with Crippen molar-refractivity contribution in [3.63, 3.8) is 0 Å². The summed E-state index contributed by atoms with van der Waals surface area (Å²) in [4.78, 5) is 28.6. The van der Waals surface area contributed by atoms with Crippen molar-refractivity contribution < 1.29 is 9.72 Å².